The van der Waals surface area contributed by atoms with Crippen molar-refractivity contribution in [2.45, 2.75) is 13.8 Å². The molecule has 2 N–H and O–H groups in total. The van der Waals surface area contributed by atoms with Gasteiger partial charge in [0.1, 0.15) is 17.1 Å². The third-order valence-corrected chi connectivity index (χ3v) is 3.16. The van der Waals surface area contributed by atoms with Crippen LogP contribution in [0.4, 0.5) is 11.6 Å². The predicted molar refractivity (Wildman–Crippen MR) is 90.1 cm³/mol. The summed E-state index contributed by atoms with van der Waals surface area (Å²) >= 11 is 0. The Hall–Kier alpha value is -3.69. The van der Waals surface area contributed by atoms with Gasteiger partial charge in [-0.15, -0.1) is 0 Å². The average molecular weight is 361 g/mol. The van der Waals surface area contributed by atoms with E-state index in [0.29, 0.717) is 0 Å². The number of hydrogen-bond acceptors (Lipinski definition) is 8. The number of non-ortho nitro benzene ring substituents is 1. The van der Waals surface area contributed by atoms with Crippen LogP contribution >= 0.6 is 0 Å². The maximum atomic E-state index is 11.8. The quantitative estimate of drug-likeness (QED) is 0.430. The number of nitrogens with zero attached hydrogens (tertiary/aromatic N) is 1. The Morgan fingerprint density at radius 3 is 2.50 bits per heavy atom. The van der Waals surface area contributed by atoms with Gasteiger partial charge in [0.25, 0.3) is 11.6 Å². The smallest absolute Gasteiger partial charge is 0.276 e. The molecule has 136 valence electrons. The molecule has 0 bridgehead atoms. The normalized spacial score (nSPS) is 10.1. The van der Waals surface area contributed by atoms with Gasteiger partial charge in [-0.2, -0.15) is 0 Å². The van der Waals surface area contributed by atoms with Gasteiger partial charge in [-0.3, -0.25) is 35.3 Å². The van der Waals surface area contributed by atoms with Gasteiger partial charge in [-0.1, -0.05) is 0 Å². The third-order valence-electron chi connectivity index (χ3n) is 3.16. The van der Waals surface area contributed by atoms with Crippen molar-refractivity contribution < 1.29 is 23.7 Å². The second-order valence-electron chi connectivity index (χ2n) is 5.19. The van der Waals surface area contributed by atoms with E-state index in [1.165, 1.54) is 44.2 Å². The highest BCUT2D eigenvalue weighted by Gasteiger charge is 2.16. The number of ether oxygens (including phenoxy) is 1. The van der Waals surface area contributed by atoms with Crippen LogP contribution < -0.4 is 21.0 Å². The molecule has 0 spiro atoms. The van der Waals surface area contributed by atoms with Crippen molar-refractivity contribution in [3.8, 4) is 5.75 Å². The Morgan fingerprint density at radius 1 is 1.27 bits per heavy atom. The first-order valence-corrected chi connectivity index (χ1v) is 7.35. The molecule has 1 amide bonds. The van der Waals surface area contributed by atoms with Gasteiger partial charge in [0.05, 0.1) is 4.92 Å². The maximum Gasteiger partial charge on any atom is 0.276 e. The lowest BCUT2D eigenvalue weighted by Gasteiger charge is -2.11. The summed E-state index contributed by atoms with van der Waals surface area (Å²) in [7, 11) is 0. The molecule has 0 radical (unpaired) electrons. The van der Waals surface area contributed by atoms with Gasteiger partial charge in [0, 0.05) is 18.2 Å². The highest BCUT2D eigenvalue weighted by atomic mass is 16.6. The molecule has 0 unspecified atom stereocenters. The number of carbonyl (C=O) groups is 2. The fourth-order valence-electron chi connectivity index (χ4n) is 2.01. The Labute approximate surface area is 146 Å². The minimum Gasteiger partial charge on any atom is -0.484 e. The monoisotopic (exact) mass is 361 g/mol. The number of hydrogen-bond donors (Lipinski definition) is 2. The standard InChI is InChI=1S/C16H15N3O7/c1-9-7-13(21)15(10(2)20)16(26-9)18-17-14(22)8-25-12-5-3-11(4-6-12)19(23)24/h3-7,18H,8H2,1-2H3,(H,17,22). The number of rotatable bonds is 7. The Kier molecular flexibility index (Phi) is 5.68. The lowest BCUT2D eigenvalue weighted by molar-refractivity contribution is -0.384. The highest BCUT2D eigenvalue weighted by Crippen LogP contribution is 2.17. The molecule has 0 atom stereocenters. The Balaban J connectivity index is 1.96. The van der Waals surface area contributed by atoms with E-state index in [2.05, 4.69) is 10.9 Å². The minimum absolute atomic E-state index is 0.102. The Morgan fingerprint density at radius 2 is 1.92 bits per heavy atom. The number of anilines is 1. The average Bonchev–Trinajstić information content (AvgIpc) is 2.57. The van der Waals surface area contributed by atoms with E-state index in [0.717, 1.165) is 0 Å². The van der Waals surface area contributed by atoms with Crippen LogP contribution in [0, 0.1) is 17.0 Å². The summed E-state index contributed by atoms with van der Waals surface area (Å²) in [6.07, 6.45) is 0. The zero-order valence-electron chi connectivity index (χ0n) is 13.9. The first-order valence-electron chi connectivity index (χ1n) is 7.35. The van der Waals surface area contributed by atoms with Crippen LogP contribution in [-0.2, 0) is 4.79 Å². The lowest BCUT2D eigenvalue weighted by Crippen LogP contribution is -2.35. The highest BCUT2D eigenvalue weighted by molar-refractivity contribution is 5.98. The predicted octanol–water partition coefficient (Wildman–Crippen LogP) is 1.58. The van der Waals surface area contributed by atoms with E-state index in [-0.39, 0.29) is 28.6 Å². The van der Waals surface area contributed by atoms with E-state index in [9.17, 15) is 24.5 Å². The van der Waals surface area contributed by atoms with Crippen LogP contribution in [0.1, 0.15) is 23.0 Å². The molecule has 0 saturated carbocycles. The van der Waals surface area contributed by atoms with Crippen LogP contribution in [0.3, 0.4) is 0 Å². The second-order valence-corrected chi connectivity index (χ2v) is 5.19. The number of hydrazine groups is 1. The van der Waals surface area contributed by atoms with Crippen molar-refractivity contribution in [3.05, 3.63) is 62.0 Å². The van der Waals surface area contributed by atoms with Crippen molar-refractivity contribution in [1.82, 2.24) is 5.43 Å². The zero-order chi connectivity index (χ0) is 19.3. The van der Waals surface area contributed by atoms with Crippen molar-refractivity contribution >= 4 is 23.3 Å². The summed E-state index contributed by atoms with van der Waals surface area (Å²) in [5.41, 5.74) is 3.78. The van der Waals surface area contributed by atoms with Crippen molar-refractivity contribution in [2.24, 2.45) is 0 Å². The summed E-state index contributed by atoms with van der Waals surface area (Å²) in [5, 5.41) is 10.6. The molecule has 26 heavy (non-hydrogen) atoms. The molecule has 1 heterocycles. The van der Waals surface area contributed by atoms with Crippen LogP contribution in [0.2, 0.25) is 0 Å². The number of nitro benzene ring substituents is 1. The number of benzene rings is 1. The summed E-state index contributed by atoms with van der Waals surface area (Å²) in [5.74, 6) is -0.790. The van der Waals surface area contributed by atoms with Crippen LogP contribution in [0.25, 0.3) is 0 Å². The second kappa shape index (κ2) is 7.92. The molecule has 0 aliphatic rings. The first kappa shape index (κ1) is 18.6. The molecule has 2 aromatic rings. The number of aryl methyl sites for hydroxylation is 1. The maximum absolute atomic E-state index is 11.8. The van der Waals surface area contributed by atoms with E-state index in [1.807, 2.05) is 0 Å². The van der Waals surface area contributed by atoms with E-state index in [4.69, 9.17) is 9.15 Å². The molecule has 1 aromatic heterocycles. The molecular formula is C16H15N3O7. The molecule has 1 aromatic carbocycles. The lowest BCUT2D eigenvalue weighted by atomic mass is 10.2. The van der Waals surface area contributed by atoms with Crippen molar-refractivity contribution in [3.63, 3.8) is 0 Å². The van der Waals surface area contributed by atoms with Crippen molar-refractivity contribution in [1.29, 1.82) is 0 Å². The summed E-state index contributed by atoms with van der Waals surface area (Å²) in [4.78, 5) is 45.2. The van der Waals surface area contributed by atoms with Gasteiger partial charge in [-0.05, 0) is 26.0 Å². The fourth-order valence-corrected chi connectivity index (χ4v) is 2.01. The number of ketones is 1. The fraction of sp³-hybridized carbons (Fsp3) is 0.188. The van der Waals surface area contributed by atoms with E-state index >= 15 is 0 Å². The van der Waals surface area contributed by atoms with Gasteiger partial charge < -0.3 is 9.15 Å². The first-order chi connectivity index (χ1) is 12.3. The van der Waals surface area contributed by atoms with Crippen LogP contribution in [-0.4, -0.2) is 23.2 Å². The molecular weight excluding hydrogens is 346 g/mol. The topological polar surface area (TPSA) is 141 Å². The van der Waals surface area contributed by atoms with Crippen LogP contribution in [0.5, 0.6) is 5.75 Å². The number of nitrogens with one attached hydrogen (secondary N) is 2. The number of carbonyl (C=O) groups excluding carboxylic acids is 2. The Bertz CT molecular complexity index is 903. The van der Waals surface area contributed by atoms with Gasteiger partial charge in [0.15, 0.2) is 17.8 Å². The van der Waals surface area contributed by atoms with Gasteiger partial charge >= 0.3 is 0 Å². The molecule has 0 aliphatic heterocycles. The molecule has 2 rings (SSSR count). The molecule has 0 fully saturated rings. The number of amides is 1. The van der Waals surface area contributed by atoms with E-state index < -0.39 is 28.6 Å². The summed E-state index contributed by atoms with van der Waals surface area (Å²) in [6, 6.07) is 6.36. The largest absolute Gasteiger partial charge is 0.484 e. The number of nitro groups is 1. The molecule has 0 saturated heterocycles. The summed E-state index contributed by atoms with van der Waals surface area (Å²) in [6.45, 7) is 2.32. The summed E-state index contributed by atoms with van der Waals surface area (Å²) < 4.78 is 10.4. The van der Waals surface area contributed by atoms with Crippen molar-refractivity contribution in [2.75, 3.05) is 12.0 Å². The number of Topliss-reactive ketones (excluding diaryl/α,β-unsaturated/α-hetero) is 1. The third kappa shape index (κ3) is 4.66. The van der Waals surface area contributed by atoms with Crippen LogP contribution in [0.15, 0.2) is 39.5 Å². The minimum atomic E-state index is -0.623. The van der Waals surface area contributed by atoms with Gasteiger partial charge in [-0.25, -0.2) is 0 Å². The molecule has 0 aliphatic carbocycles. The SMILES string of the molecule is CC(=O)c1c(NNC(=O)COc2ccc([N+](=O)[O-])cc2)oc(C)cc1=O. The molecule has 10 heteroatoms. The van der Waals surface area contributed by atoms with Gasteiger partial charge in [0.2, 0.25) is 5.88 Å². The van der Waals surface area contributed by atoms with E-state index in [1.54, 1.807) is 0 Å². The molecule has 10 nitrogen and oxygen atoms in total. The zero-order valence-corrected chi connectivity index (χ0v) is 13.9.